The summed E-state index contributed by atoms with van der Waals surface area (Å²) in [4.78, 5) is 6.33. The first-order chi connectivity index (χ1) is 8.06. The number of rotatable bonds is 3. The van der Waals surface area contributed by atoms with Gasteiger partial charge in [-0.05, 0) is 6.92 Å². The molecular weight excluding hydrogens is 279 g/mol. The number of hydrogen-bond acceptors (Lipinski definition) is 5. The van der Waals surface area contributed by atoms with E-state index < -0.39 is 0 Å². The number of anilines is 1. The summed E-state index contributed by atoms with van der Waals surface area (Å²) in [7, 11) is 1.91. The highest BCUT2D eigenvalue weighted by Crippen LogP contribution is 2.25. The van der Waals surface area contributed by atoms with Crippen molar-refractivity contribution in [3.63, 3.8) is 0 Å². The van der Waals surface area contributed by atoms with Crippen molar-refractivity contribution in [2.75, 3.05) is 11.9 Å². The van der Waals surface area contributed by atoms with Gasteiger partial charge in [0.2, 0.25) is 0 Å². The average molecular weight is 289 g/mol. The second-order valence-electron chi connectivity index (χ2n) is 3.56. The topological polar surface area (TPSA) is 41.9 Å². The summed E-state index contributed by atoms with van der Waals surface area (Å²) in [5, 5.41) is 11.2. The van der Waals surface area contributed by atoms with Crippen LogP contribution >= 0.6 is 34.5 Å². The fourth-order valence-corrected chi connectivity index (χ4v) is 2.40. The third-order valence-electron chi connectivity index (χ3n) is 2.18. The van der Waals surface area contributed by atoms with Gasteiger partial charge in [0.25, 0.3) is 0 Å². The van der Waals surface area contributed by atoms with E-state index in [-0.39, 0.29) is 0 Å². The number of halogens is 2. The molecule has 2 rings (SSSR count). The van der Waals surface area contributed by atoms with Gasteiger partial charge in [0.1, 0.15) is 0 Å². The monoisotopic (exact) mass is 288 g/mol. The highest BCUT2D eigenvalue weighted by molar-refractivity contribution is 7.09. The Morgan fingerprint density at radius 2 is 2.12 bits per heavy atom. The molecular formula is C10H10Cl2N4S. The second kappa shape index (κ2) is 5.16. The molecule has 0 aromatic carbocycles. The Labute approximate surface area is 113 Å². The molecule has 7 heteroatoms. The van der Waals surface area contributed by atoms with Gasteiger partial charge in [-0.3, -0.25) is 0 Å². The smallest absolute Gasteiger partial charge is 0.175 e. The standard InChI is InChI=1S/C10H10Cl2N4S/c1-6-13-7(5-17-6)4-16(2)8-3-9(11)14-15-10(8)12/h3,5H,4H2,1-2H3. The van der Waals surface area contributed by atoms with Crippen molar-refractivity contribution in [3.05, 3.63) is 32.5 Å². The van der Waals surface area contributed by atoms with Gasteiger partial charge in [-0.15, -0.1) is 21.5 Å². The van der Waals surface area contributed by atoms with Crippen LogP contribution in [-0.2, 0) is 6.54 Å². The van der Waals surface area contributed by atoms with Crippen LogP contribution in [0.25, 0.3) is 0 Å². The lowest BCUT2D eigenvalue weighted by Crippen LogP contribution is -2.17. The fourth-order valence-electron chi connectivity index (χ4n) is 1.42. The maximum Gasteiger partial charge on any atom is 0.175 e. The van der Waals surface area contributed by atoms with Gasteiger partial charge in [-0.2, -0.15) is 0 Å². The van der Waals surface area contributed by atoms with Crippen LogP contribution < -0.4 is 4.90 Å². The zero-order valence-corrected chi connectivity index (χ0v) is 11.6. The van der Waals surface area contributed by atoms with Gasteiger partial charge in [0.15, 0.2) is 10.3 Å². The van der Waals surface area contributed by atoms with Crippen LogP contribution in [0.4, 0.5) is 5.69 Å². The molecule has 2 heterocycles. The van der Waals surface area contributed by atoms with Crippen molar-refractivity contribution in [2.24, 2.45) is 0 Å². The molecule has 2 aromatic rings. The van der Waals surface area contributed by atoms with E-state index >= 15 is 0 Å². The van der Waals surface area contributed by atoms with Gasteiger partial charge in [0.05, 0.1) is 22.9 Å². The zero-order valence-electron chi connectivity index (χ0n) is 9.31. The quantitative estimate of drug-likeness (QED) is 0.870. The largest absolute Gasteiger partial charge is 0.366 e. The maximum absolute atomic E-state index is 5.97. The Hall–Kier alpha value is -0.910. The molecule has 0 saturated heterocycles. The molecule has 0 amide bonds. The first-order valence-electron chi connectivity index (χ1n) is 4.87. The van der Waals surface area contributed by atoms with Crippen LogP contribution in [0, 0.1) is 6.92 Å². The Morgan fingerprint density at radius 3 is 2.76 bits per heavy atom. The summed E-state index contributed by atoms with van der Waals surface area (Å²) in [6.07, 6.45) is 0. The first kappa shape index (κ1) is 12.5. The summed E-state index contributed by atoms with van der Waals surface area (Å²) in [6.45, 7) is 2.64. The molecule has 0 atom stereocenters. The summed E-state index contributed by atoms with van der Waals surface area (Å²) < 4.78 is 0. The van der Waals surface area contributed by atoms with E-state index in [1.165, 1.54) is 0 Å². The minimum absolute atomic E-state index is 0.325. The van der Waals surface area contributed by atoms with E-state index in [4.69, 9.17) is 23.2 Å². The Bertz CT molecular complexity index is 529. The molecule has 0 radical (unpaired) electrons. The predicted octanol–water partition coefficient (Wildman–Crippen LogP) is 3.18. The van der Waals surface area contributed by atoms with Crippen LogP contribution in [0.1, 0.15) is 10.7 Å². The summed E-state index contributed by atoms with van der Waals surface area (Å²) >= 11 is 13.4. The Kier molecular flexibility index (Phi) is 3.81. The van der Waals surface area contributed by atoms with Crippen molar-refractivity contribution in [1.29, 1.82) is 0 Å². The van der Waals surface area contributed by atoms with E-state index in [9.17, 15) is 0 Å². The normalized spacial score (nSPS) is 10.6. The highest BCUT2D eigenvalue weighted by Gasteiger charge is 2.11. The number of aromatic nitrogens is 3. The molecule has 4 nitrogen and oxygen atoms in total. The van der Waals surface area contributed by atoms with Crippen molar-refractivity contribution < 1.29 is 0 Å². The van der Waals surface area contributed by atoms with Gasteiger partial charge >= 0.3 is 0 Å². The number of aryl methyl sites for hydroxylation is 1. The van der Waals surface area contributed by atoms with Gasteiger partial charge in [-0.25, -0.2) is 4.98 Å². The molecule has 0 aliphatic carbocycles. The minimum atomic E-state index is 0.325. The number of nitrogens with zero attached hydrogens (tertiary/aromatic N) is 4. The van der Waals surface area contributed by atoms with Crippen LogP contribution in [0.2, 0.25) is 10.3 Å². The van der Waals surface area contributed by atoms with Crippen LogP contribution in [0.3, 0.4) is 0 Å². The van der Waals surface area contributed by atoms with Crippen molar-refractivity contribution in [3.8, 4) is 0 Å². The minimum Gasteiger partial charge on any atom is -0.366 e. The van der Waals surface area contributed by atoms with E-state index in [1.54, 1.807) is 17.4 Å². The molecule has 17 heavy (non-hydrogen) atoms. The predicted molar refractivity (Wildman–Crippen MR) is 71.0 cm³/mol. The molecule has 0 unspecified atom stereocenters. The lowest BCUT2D eigenvalue weighted by atomic mass is 10.4. The summed E-state index contributed by atoms with van der Waals surface area (Å²) in [6, 6.07) is 1.69. The van der Waals surface area contributed by atoms with E-state index in [0.29, 0.717) is 16.9 Å². The molecule has 0 N–H and O–H groups in total. The molecule has 0 bridgehead atoms. The van der Waals surface area contributed by atoms with Crippen LogP contribution in [-0.4, -0.2) is 22.2 Å². The molecule has 0 aliphatic rings. The van der Waals surface area contributed by atoms with Crippen molar-refractivity contribution in [1.82, 2.24) is 15.2 Å². The first-order valence-corrected chi connectivity index (χ1v) is 6.50. The molecule has 90 valence electrons. The third kappa shape index (κ3) is 3.06. The van der Waals surface area contributed by atoms with E-state index in [0.717, 1.165) is 16.4 Å². The Balaban J connectivity index is 2.19. The SMILES string of the molecule is Cc1nc(CN(C)c2cc(Cl)nnc2Cl)cs1. The van der Waals surface area contributed by atoms with Crippen LogP contribution in [0.15, 0.2) is 11.4 Å². The van der Waals surface area contributed by atoms with Crippen LogP contribution in [0.5, 0.6) is 0 Å². The summed E-state index contributed by atoms with van der Waals surface area (Å²) in [5.74, 6) is 0. The molecule has 2 aromatic heterocycles. The fraction of sp³-hybridized carbons (Fsp3) is 0.300. The maximum atomic E-state index is 5.97. The van der Waals surface area contributed by atoms with Gasteiger partial charge in [-0.1, -0.05) is 23.2 Å². The van der Waals surface area contributed by atoms with Gasteiger partial charge < -0.3 is 4.90 Å². The molecule has 0 saturated carbocycles. The van der Waals surface area contributed by atoms with E-state index in [2.05, 4.69) is 15.2 Å². The molecule has 0 fully saturated rings. The highest BCUT2D eigenvalue weighted by atomic mass is 35.5. The third-order valence-corrected chi connectivity index (χ3v) is 3.45. The van der Waals surface area contributed by atoms with Crippen molar-refractivity contribution >= 4 is 40.2 Å². The molecule has 0 aliphatic heterocycles. The van der Waals surface area contributed by atoms with Gasteiger partial charge in [0, 0.05) is 18.5 Å². The number of hydrogen-bond donors (Lipinski definition) is 0. The Morgan fingerprint density at radius 1 is 1.35 bits per heavy atom. The van der Waals surface area contributed by atoms with E-state index in [1.807, 2.05) is 24.3 Å². The lowest BCUT2D eigenvalue weighted by molar-refractivity contribution is 0.877. The average Bonchev–Trinajstić information content (AvgIpc) is 2.67. The zero-order chi connectivity index (χ0) is 12.4. The molecule has 0 spiro atoms. The summed E-state index contributed by atoms with van der Waals surface area (Å²) in [5.41, 5.74) is 1.75. The van der Waals surface area contributed by atoms with Crippen molar-refractivity contribution in [2.45, 2.75) is 13.5 Å². The number of thiazole rings is 1. The lowest BCUT2D eigenvalue weighted by Gasteiger charge is -2.18. The second-order valence-corrected chi connectivity index (χ2v) is 5.36.